The fourth-order valence-corrected chi connectivity index (χ4v) is 3.35. The number of aromatic nitrogens is 3. The Labute approximate surface area is 146 Å². The smallest absolute Gasteiger partial charge is 0.347 e. The molecule has 0 unspecified atom stereocenters. The van der Waals surface area contributed by atoms with Gasteiger partial charge in [-0.1, -0.05) is 30.3 Å². The van der Waals surface area contributed by atoms with Crippen molar-refractivity contribution in [3.63, 3.8) is 0 Å². The van der Waals surface area contributed by atoms with Crippen LogP contribution in [0, 0.1) is 0 Å². The quantitative estimate of drug-likeness (QED) is 0.439. The summed E-state index contributed by atoms with van der Waals surface area (Å²) < 4.78 is 8.70. The van der Waals surface area contributed by atoms with Gasteiger partial charge in [-0.2, -0.15) is 5.10 Å². The molecule has 26 heavy (non-hydrogen) atoms. The molecule has 5 aromatic rings. The van der Waals surface area contributed by atoms with Gasteiger partial charge in [-0.3, -0.25) is 4.79 Å². The maximum absolute atomic E-state index is 13.0. The lowest BCUT2D eigenvalue weighted by atomic mass is 10.1. The molecule has 5 rings (SSSR count). The summed E-state index contributed by atoms with van der Waals surface area (Å²) in [6.07, 6.45) is 1.60. The predicted octanol–water partition coefficient (Wildman–Crippen LogP) is 2.98. The molecule has 0 bridgehead atoms. The van der Waals surface area contributed by atoms with Gasteiger partial charge in [0.15, 0.2) is 5.58 Å². The molecule has 0 N–H and O–H groups in total. The van der Waals surface area contributed by atoms with E-state index in [2.05, 4.69) is 5.10 Å². The molecular weight excluding hydrogens is 330 g/mol. The van der Waals surface area contributed by atoms with E-state index < -0.39 is 5.63 Å². The summed E-state index contributed by atoms with van der Waals surface area (Å²) in [6.45, 7) is 0. The van der Waals surface area contributed by atoms with Crippen LogP contribution < -0.4 is 11.2 Å². The number of benzene rings is 2. The van der Waals surface area contributed by atoms with E-state index >= 15 is 0 Å². The summed E-state index contributed by atoms with van der Waals surface area (Å²) in [5.41, 5.74) is 1.38. The highest BCUT2D eigenvalue weighted by atomic mass is 16.4. The van der Waals surface area contributed by atoms with Crippen molar-refractivity contribution < 1.29 is 4.42 Å². The summed E-state index contributed by atoms with van der Waals surface area (Å²) in [6, 6.07) is 16.8. The van der Waals surface area contributed by atoms with Crippen LogP contribution in [0.4, 0.5) is 0 Å². The van der Waals surface area contributed by atoms with Crippen molar-refractivity contribution in [2.75, 3.05) is 0 Å². The van der Waals surface area contributed by atoms with Gasteiger partial charge in [-0.15, -0.1) is 0 Å². The van der Waals surface area contributed by atoms with Gasteiger partial charge in [0.1, 0.15) is 16.3 Å². The zero-order valence-corrected chi connectivity index (χ0v) is 13.8. The molecule has 126 valence electrons. The molecule has 0 amide bonds. The Hall–Kier alpha value is -3.67. The molecule has 2 aromatic carbocycles. The largest absolute Gasteiger partial charge is 0.421 e. The molecule has 3 heterocycles. The lowest BCUT2D eigenvalue weighted by molar-refractivity contribution is 0.571. The van der Waals surface area contributed by atoms with Crippen molar-refractivity contribution in [1.29, 1.82) is 0 Å². The zero-order chi connectivity index (χ0) is 17.8. The first-order chi connectivity index (χ1) is 12.6. The van der Waals surface area contributed by atoms with Crippen molar-refractivity contribution in [3.05, 3.63) is 81.6 Å². The Morgan fingerprint density at radius 1 is 0.923 bits per heavy atom. The minimum Gasteiger partial charge on any atom is -0.421 e. The summed E-state index contributed by atoms with van der Waals surface area (Å²) in [7, 11) is 1.70. The fourth-order valence-electron chi connectivity index (χ4n) is 3.35. The Morgan fingerprint density at radius 3 is 2.46 bits per heavy atom. The first-order valence-electron chi connectivity index (χ1n) is 8.14. The minimum atomic E-state index is -0.506. The van der Waals surface area contributed by atoms with Gasteiger partial charge in [0.25, 0.3) is 5.56 Å². The van der Waals surface area contributed by atoms with E-state index in [1.165, 1.54) is 0 Å². The highest BCUT2D eigenvalue weighted by Gasteiger charge is 2.19. The Kier molecular flexibility index (Phi) is 2.91. The molecule has 0 fully saturated rings. The maximum atomic E-state index is 13.0. The van der Waals surface area contributed by atoms with Gasteiger partial charge >= 0.3 is 5.63 Å². The van der Waals surface area contributed by atoms with E-state index in [0.717, 1.165) is 5.69 Å². The van der Waals surface area contributed by atoms with Crippen LogP contribution in [-0.2, 0) is 7.05 Å². The molecule has 0 radical (unpaired) electrons. The van der Waals surface area contributed by atoms with E-state index in [0.29, 0.717) is 21.8 Å². The van der Waals surface area contributed by atoms with Crippen LogP contribution >= 0.6 is 0 Å². The number of hydrogen-bond acceptors (Lipinski definition) is 4. The first kappa shape index (κ1) is 14.7. The molecule has 6 heteroatoms. The molecular formula is C20H13N3O3. The van der Waals surface area contributed by atoms with Gasteiger partial charge in [-0.25, -0.2) is 9.48 Å². The molecule has 0 saturated heterocycles. The fraction of sp³-hybridized carbons (Fsp3) is 0.0500. The van der Waals surface area contributed by atoms with E-state index in [1.54, 1.807) is 22.5 Å². The van der Waals surface area contributed by atoms with Gasteiger partial charge in [0, 0.05) is 18.6 Å². The number of aryl methyl sites for hydroxylation is 1. The first-order valence-corrected chi connectivity index (χ1v) is 8.14. The van der Waals surface area contributed by atoms with Crippen LogP contribution in [0.3, 0.4) is 0 Å². The summed E-state index contributed by atoms with van der Waals surface area (Å²) in [5, 5.41) is 5.83. The normalized spacial score (nSPS) is 11.6. The van der Waals surface area contributed by atoms with Crippen LogP contribution in [0.2, 0.25) is 0 Å². The van der Waals surface area contributed by atoms with Crippen LogP contribution in [0.25, 0.3) is 38.5 Å². The standard InChI is InChI=1S/C20H13N3O3/c1-22-15-10-6-5-9-13(15)18-16(19(22)24)17-14(20(25)26-18)11-23(21-17)12-7-3-2-4-8-12/h2-11H,1H3. The van der Waals surface area contributed by atoms with Gasteiger partial charge in [0.2, 0.25) is 0 Å². The third-order valence-electron chi connectivity index (χ3n) is 4.64. The number of nitrogens with zero attached hydrogens (tertiary/aromatic N) is 3. The van der Waals surface area contributed by atoms with Crippen LogP contribution in [0.15, 0.2) is 74.8 Å². The molecule has 0 aliphatic carbocycles. The zero-order valence-electron chi connectivity index (χ0n) is 13.8. The molecule has 0 atom stereocenters. The molecule has 0 aliphatic heterocycles. The average molecular weight is 343 g/mol. The van der Waals surface area contributed by atoms with E-state index in [9.17, 15) is 9.59 Å². The predicted molar refractivity (Wildman–Crippen MR) is 99.9 cm³/mol. The van der Waals surface area contributed by atoms with Crippen LogP contribution in [-0.4, -0.2) is 14.3 Å². The average Bonchev–Trinajstić information content (AvgIpc) is 3.13. The molecule has 0 spiro atoms. The van der Waals surface area contributed by atoms with Crippen molar-refractivity contribution >= 4 is 32.8 Å². The third kappa shape index (κ3) is 1.89. The van der Waals surface area contributed by atoms with Gasteiger partial charge in [-0.05, 0) is 24.3 Å². The highest BCUT2D eigenvalue weighted by molar-refractivity contribution is 6.11. The van der Waals surface area contributed by atoms with Crippen molar-refractivity contribution in [1.82, 2.24) is 14.3 Å². The monoisotopic (exact) mass is 343 g/mol. The second-order valence-corrected chi connectivity index (χ2v) is 6.15. The summed E-state index contributed by atoms with van der Waals surface area (Å²) in [4.78, 5) is 25.5. The third-order valence-corrected chi connectivity index (χ3v) is 4.64. The summed E-state index contributed by atoms with van der Waals surface area (Å²) in [5.74, 6) is 0. The van der Waals surface area contributed by atoms with Crippen LogP contribution in [0.5, 0.6) is 0 Å². The van der Waals surface area contributed by atoms with Gasteiger partial charge < -0.3 is 8.98 Å². The van der Waals surface area contributed by atoms with E-state index in [-0.39, 0.29) is 16.5 Å². The van der Waals surface area contributed by atoms with Crippen molar-refractivity contribution in [2.24, 2.45) is 7.05 Å². The van der Waals surface area contributed by atoms with Gasteiger partial charge in [0.05, 0.1) is 11.2 Å². The number of para-hydroxylation sites is 2. The van der Waals surface area contributed by atoms with Crippen molar-refractivity contribution in [3.8, 4) is 5.69 Å². The highest BCUT2D eigenvalue weighted by Crippen LogP contribution is 2.26. The Bertz CT molecular complexity index is 1430. The Morgan fingerprint density at radius 2 is 1.65 bits per heavy atom. The number of hydrogen-bond donors (Lipinski definition) is 0. The van der Waals surface area contributed by atoms with E-state index in [1.807, 2.05) is 54.6 Å². The SMILES string of the molecule is Cn1c(=O)c2c3nn(-c4ccccc4)cc3c(=O)oc2c2ccccc21. The lowest BCUT2D eigenvalue weighted by Gasteiger charge is -2.07. The van der Waals surface area contributed by atoms with Crippen LogP contribution in [0.1, 0.15) is 0 Å². The Balaban J connectivity index is 2.01. The molecule has 3 aromatic heterocycles. The molecule has 6 nitrogen and oxygen atoms in total. The topological polar surface area (TPSA) is 70.0 Å². The lowest BCUT2D eigenvalue weighted by Crippen LogP contribution is -2.18. The number of pyridine rings is 1. The van der Waals surface area contributed by atoms with Crippen molar-refractivity contribution in [2.45, 2.75) is 0 Å². The number of rotatable bonds is 1. The molecule has 0 aliphatic rings. The second-order valence-electron chi connectivity index (χ2n) is 6.15. The maximum Gasteiger partial charge on any atom is 0.347 e. The number of fused-ring (bicyclic) bond motifs is 5. The second kappa shape index (κ2) is 5.16. The minimum absolute atomic E-state index is 0.245. The van der Waals surface area contributed by atoms with E-state index in [4.69, 9.17) is 4.42 Å². The molecule has 0 saturated carbocycles. The summed E-state index contributed by atoms with van der Waals surface area (Å²) >= 11 is 0.